The summed E-state index contributed by atoms with van der Waals surface area (Å²) >= 11 is 0. The summed E-state index contributed by atoms with van der Waals surface area (Å²) in [5.41, 5.74) is 15.8. The van der Waals surface area contributed by atoms with Gasteiger partial charge in [-0.05, 0) is 108 Å². The molecule has 14 aromatic rings. The predicted octanol–water partition coefficient (Wildman–Crippen LogP) is 11.6. The van der Waals surface area contributed by atoms with E-state index in [0.29, 0.717) is 0 Å². The molecule has 0 N–H and O–H groups in total. The van der Waals surface area contributed by atoms with Gasteiger partial charge in [-0.15, -0.1) is 0 Å². The number of para-hydroxylation sites is 12. The highest BCUT2D eigenvalue weighted by Gasteiger charge is 2.21. The molecule has 10 heteroatoms. The Morgan fingerprint density at radius 3 is 0.790 bits per heavy atom. The number of hydrogen-bond donors (Lipinski definition) is 0. The van der Waals surface area contributed by atoms with Crippen molar-refractivity contribution >= 4 is 89.3 Å². The number of aromatic nitrogens is 10. The summed E-state index contributed by atoms with van der Waals surface area (Å²) in [5, 5.41) is 0. The van der Waals surface area contributed by atoms with Crippen LogP contribution in [0.5, 0.6) is 0 Å². The molecule has 0 aliphatic heterocycles. The average Bonchev–Trinajstić information content (AvgIpc) is 4.07. The van der Waals surface area contributed by atoms with Gasteiger partial charge in [0.25, 0.3) is 0 Å². The molecule has 0 saturated heterocycles. The van der Waals surface area contributed by atoms with Crippen LogP contribution in [0.4, 0.5) is 0 Å². The van der Waals surface area contributed by atoms with E-state index in [9.17, 15) is 0 Å². The summed E-state index contributed by atoms with van der Waals surface area (Å²) in [6, 6.07) is 67.7. The molecule has 6 heterocycles. The maximum Gasteiger partial charge on any atom is 0.223 e. The lowest BCUT2D eigenvalue weighted by atomic mass is 10.0. The monoisotopic (exact) mass is 796 g/mol. The Labute approximate surface area is 351 Å². The summed E-state index contributed by atoms with van der Waals surface area (Å²) in [4.78, 5) is 21.3. The molecule has 0 bridgehead atoms. The smallest absolute Gasteiger partial charge is 0.223 e. The van der Waals surface area contributed by atoms with Gasteiger partial charge in [0.05, 0.1) is 77.6 Å². The van der Waals surface area contributed by atoms with Gasteiger partial charge in [-0.2, -0.15) is 0 Å². The molecule has 0 atom stereocenters. The van der Waals surface area contributed by atoms with Crippen LogP contribution in [0.25, 0.3) is 112 Å². The summed E-state index contributed by atoms with van der Waals surface area (Å²) in [5.74, 6) is 3.06. The molecule has 0 fully saturated rings. The molecule has 6 aromatic heterocycles. The van der Waals surface area contributed by atoms with Crippen molar-refractivity contribution in [3.05, 3.63) is 194 Å². The van der Waals surface area contributed by atoms with Crippen molar-refractivity contribution in [2.24, 2.45) is 0 Å². The highest BCUT2D eigenvalue weighted by Crippen LogP contribution is 2.34. The van der Waals surface area contributed by atoms with Crippen LogP contribution in [0.1, 0.15) is 0 Å². The number of nitrogens with zero attached hydrogens (tertiary/aromatic N) is 10. The SMILES string of the molecule is c1cc(-c2cccc(-n3c4nc5ccccc5n4c4ccccc4n4c5ccccc5nc34)c2)cc(-n2c3nc4ccccc4n3c3ccccc3n3c4ccccc4nc23)c1. The van der Waals surface area contributed by atoms with Gasteiger partial charge in [0.15, 0.2) is 0 Å². The van der Waals surface area contributed by atoms with Crippen LogP contribution in [0.2, 0.25) is 0 Å². The maximum absolute atomic E-state index is 5.33. The van der Waals surface area contributed by atoms with E-state index in [1.807, 2.05) is 24.3 Å². The maximum atomic E-state index is 5.33. The summed E-state index contributed by atoms with van der Waals surface area (Å²) in [6.45, 7) is 0. The standard InChI is InChI=1S/C52H32N10/c1-5-23-41-37(19-1)53-49-57(50-54-38-20-2-6-24-42(38)60(50)46-28-10-9-27-45(46)59(41)49)35-17-13-15-33(31-35)34-16-14-18-36(32-34)58-51-55-39-21-3-7-25-43(39)61(51)47-29-11-12-30-48(47)62-44-26-8-4-22-40(44)56-52(58)62/h1-32H. The minimum Gasteiger partial charge on any atom is -0.276 e. The normalized spacial score (nSPS) is 12.2. The molecular formula is C52H32N10. The summed E-state index contributed by atoms with van der Waals surface area (Å²) in [6.07, 6.45) is 0. The van der Waals surface area contributed by atoms with Crippen LogP contribution in [0.15, 0.2) is 194 Å². The molecule has 0 unspecified atom stereocenters. The molecule has 290 valence electrons. The number of rotatable bonds is 3. The first-order valence-electron chi connectivity index (χ1n) is 20.7. The highest BCUT2D eigenvalue weighted by molar-refractivity contribution is 5.95. The van der Waals surface area contributed by atoms with Crippen molar-refractivity contribution < 1.29 is 0 Å². The van der Waals surface area contributed by atoms with Crippen LogP contribution in [-0.2, 0) is 0 Å². The van der Waals surface area contributed by atoms with E-state index < -0.39 is 0 Å². The zero-order valence-corrected chi connectivity index (χ0v) is 32.9. The zero-order chi connectivity index (χ0) is 40.5. The number of imidazole rings is 4. The van der Waals surface area contributed by atoms with Crippen molar-refractivity contribution in [2.45, 2.75) is 0 Å². The highest BCUT2D eigenvalue weighted by atomic mass is 15.3. The lowest BCUT2D eigenvalue weighted by molar-refractivity contribution is 1.02. The fraction of sp³-hybridized carbons (Fsp3) is 0. The van der Waals surface area contributed by atoms with E-state index in [1.165, 1.54) is 0 Å². The molecule has 0 radical (unpaired) electrons. The Morgan fingerprint density at radius 2 is 0.500 bits per heavy atom. The lowest BCUT2D eigenvalue weighted by Crippen LogP contribution is -2.03. The van der Waals surface area contributed by atoms with Gasteiger partial charge in [0.1, 0.15) is 0 Å². The second-order valence-corrected chi connectivity index (χ2v) is 15.7. The van der Waals surface area contributed by atoms with Crippen molar-refractivity contribution in [3.8, 4) is 22.5 Å². The van der Waals surface area contributed by atoms with Gasteiger partial charge in [0.2, 0.25) is 23.1 Å². The Hall–Kier alpha value is -8.76. The second-order valence-electron chi connectivity index (χ2n) is 15.7. The van der Waals surface area contributed by atoms with Crippen molar-refractivity contribution in [2.75, 3.05) is 0 Å². The predicted molar refractivity (Wildman–Crippen MR) is 248 cm³/mol. The molecule has 62 heavy (non-hydrogen) atoms. The van der Waals surface area contributed by atoms with Crippen LogP contribution in [0.3, 0.4) is 0 Å². The van der Waals surface area contributed by atoms with Crippen LogP contribution >= 0.6 is 0 Å². The molecule has 0 aliphatic carbocycles. The molecular weight excluding hydrogens is 765 g/mol. The lowest BCUT2D eigenvalue weighted by Gasteiger charge is -2.12. The van der Waals surface area contributed by atoms with Gasteiger partial charge in [-0.25, -0.2) is 29.1 Å². The first kappa shape index (κ1) is 33.1. The van der Waals surface area contributed by atoms with Gasteiger partial charge in [0, 0.05) is 0 Å². The van der Waals surface area contributed by atoms with E-state index >= 15 is 0 Å². The minimum absolute atomic E-state index is 0.764. The third kappa shape index (κ3) is 4.52. The molecule has 0 aliphatic rings. The third-order valence-electron chi connectivity index (χ3n) is 12.2. The largest absolute Gasteiger partial charge is 0.276 e. The van der Waals surface area contributed by atoms with Crippen LogP contribution in [0, 0.1) is 0 Å². The quantitative estimate of drug-likeness (QED) is 0.178. The number of benzene rings is 8. The van der Waals surface area contributed by atoms with Gasteiger partial charge in [-0.1, -0.05) is 97.1 Å². The van der Waals surface area contributed by atoms with Crippen LogP contribution < -0.4 is 0 Å². The third-order valence-corrected chi connectivity index (χ3v) is 12.2. The summed E-state index contributed by atoms with van der Waals surface area (Å²) in [7, 11) is 0. The Kier molecular flexibility index (Phi) is 6.61. The van der Waals surface area contributed by atoms with Crippen LogP contribution in [-0.4, -0.2) is 46.7 Å². The Bertz CT molecular complexity index is 3750. The van der Waals surface area contributed by atoms with Gasteiger partial charge in [-0.3, -0.25) is 17.6 Å². The Morgan fingerprint density at radius 1 is 0.242 bits per heavy atom. The van der Waals surface area contributed by atoms with E-state index in [2.05, 4.69) is 197 Å². The van der Waals surface area contributed by atoms with E-state index in [4.69, 9.17) is 19.9 Å². The first-order valence-corrected chi connectivity index (χ1v) is 20.7. The molecule has 0 spiro atoms. The van der Waals surface area contributed by atoms with Gasteiger partial charge >= 0.3 is 0 Å². The zero-order valence-electron chi connectivity index (χ0n) is 32.9. The minimum atomic E-state index is 0.764. The van der Waals surface area contributed by atoms with Crippen molar-refractivity contribution in [1.29, 1.82) is 0 Å². The molecule has 0 saturated carbocycles. The molecule has 14 rings (SSSR count). The second kappa shape index (κ2) is 12.4. The van der Waals surface area contributed by atoms with E-state index in [1.54, 1.807) is 0 Å². The fourth-order valence-corrected chi connectivity index (χ4v) is 9.58. The average molecular weight is 797 g/mol. The van der Waals surface area contributed by atoms with E-state index in [0.717, 1.165) is 112 Å². The first-order chi connectivity index (χ1) is 30.8. The molecule has 10 nitrogen and oxygen atoms in total. The Balaban J connectivity index is 1.07. The van der Waals surface area contributed by atoms with Gasteiger partial charge < -0.3 is 0 Å². The van der Waals surface area contributed by atoms with Crippen molar-refractivity contribution in [3.63, 3.8) is 0 Å². The number of fused-ring (bicyclic) bond motifs is 18. The van der Waals surface area contributed by atoms with E-state index in [-0.39, 0.29) is 0 Å². The molecule has 8 aromatic carbocycles. The summed E-state index contributed by atoms with van der Waals surface area (Å²) < 4.78 is 13.4. The fourth-order valence-electron chi connectivity index (χ4n) is 9.58. The number of hydrogen-bond acceptors (Lipinski definition) is 4. The topological polar surface area (TPSA) is 79.1 Å². The molecule has 0 amide bonds. The van der Waals surface area contributed by atoms with Crippen molar-refractivity contribution in [1.82, 2.24) is 46.7 Å².